The molecule has 3 rings (SSSR count). The fourth-order valence-electron chi connectivity index (χ4n) is 2.52. The minimum absolute atomic E-state index is 0.190. The molecule has 0 spiro atoms. The molecule has 1 saturated heterocycles. The minimum atomic E-state index is -3.13. The van der Waals surface area contributed by atoms with Gasteiger partial charge in [-0.05, 0) is 6.42 Å². The second-order valence-electron chi connectivity index (χ2n) is 5.49. The lowest BCUT2D eigenvalue weighted by molar-refractivity contribution is 0.0951. The zero-order valence-corrected chi connectivity index (χ0v) is 13.9. The molecule has 24 heavy (non-hydrogen) atoms. The average molecular weight is 346 g/mol. The summed E-state index contributed by atoms with van der Waals surface area (Å²) in [5.74, 6) is 0.428. The highest BCUT2D eigenvalue weighted by Gasteiger charge is 2.27. The first kappa shape index (κ1) is 16.5. The normalized spacial score (nSPS) is 16.8. The Morgan fingerprint density at radius 2 is 1.88 bits per heavy atom. The van der Waals surface area contributed by atoms with Crippen LogP contribution in [0.2, 0.25) is 0 Å². The molecule has 0 saturated carbocycles. The predicted molar refractivity (Wildman–Crippen MR) is 89.8 cm³/mol. The van der Waals surface area contributed by atoms with Gasteiger partial charge in [0.1, 0.15) is 0 Å². The number of nitrogens with zero attached hydrogens (tertiary/aromatic N) is 3. The van der Waals surface area contributed by atoms with Gasteiger partial charge in [-0.25, -0.2) is 22.7 Å². The maximum Gasteiger partial charge on any atom is 0.254 e. The molecule has 126 valence electrons. The number of sulfonamides is 1. The van der Waals surface area contributed by atoms with E-state index in [1.807, 2.05) is 30.3 Å². The highest BCUT2D eigenvalue weighted by atomic mass is 32.2. The van der Waals surface area contributed by atoms with Crippen LogP contribution in [0.5, 0.6) is 0 Å². The first-order chi connectivity index (χ1) is 11.6. The maximum absolute atomic E-state index is 12.1. The Kier molecular flexibility index (Phi) is 4.86. The van der Waals surface area contributed by atoms with E-state index in [2.05, 4.69) is 15.3 Å². The van der Waals surface area contributed by atoms with Crippen molar-refractivity contribution in [2.75, 3.05) is 25.4 Å². The highest BCUT2D eigenvalue weighted by molar-refractivity contribution is 7.89. The lowest BCUT2D eigenvalue weighted by Crippen LogP contribution is -2.35. The number of carbonyl (C=O) groups is 1. The van der Waals surface area contributed by atoms with Crippen molar-refractivity contribution in [2.24, 2.45) is 0 Å². The van der Waals surface area contributed by atoms with Crippen LogP contribution >= 0.6 is 0 Å². The van der Waals surface area contributed by atoms with Crippen LogP contribution in [0.3, 0.4) is 0 Å². The van der Waals surface area contributed by atoms with Crippen molar-refractivity contribution >= 4 is 15.9 Å². The van der Waals surface area contributed by atoms with Crippen LogP contribution in [0.4, 0.5) is 0 Å². The number of rotatable bonds is 5. The Labute approximate surface area is 140 Å². The molecule has 1 aliphatic rings. The number of benzene rings is 1. The van der Waals surface area contributed by atoms with E-state index in [1.165, 1.54) is 16.7 Å². The summed E-state index contributed by atoms with van der Waals surface area (Å²) in [6, 6.07) is 9.49. The zero-order chi connectivity index (χ0) is 17.0. The molecule has 1 aromatic heterocycles. The molecule has 0 radical (unpaired) electrons. The van der Waals surface area contributed by atoms with Gasteiger partial charge in [0.25, 0.3) is 5.91 Å². The smallest absolute Gasteiger partial charge is 0.254 e. The molecule has 8 heteroatoms. The van der Waals surface area contributed by atoms with Crippen LogP contribution in [0.15, 0.2) is 42.7 Å². The van der Waals surface area contributed by atoms with E-state index in [9.17, 15) is 13.2 Å². The quantitative estimate of drug-likeness (QED) is 0.869. The summed E-state index contributed by atoms with van der Waals surface area (Å²) in [5.41, 5.74) is 1.22. The van der Waals surface area contributed by atoms with E-state index in [0.29, 0.717) is 24.4 Å². The zero-order valence-electron chi connectivity index (χ0n) is 13.1. The predicted octanol–water partition coefficient (Wildman–Crippen LogP) is 0.909. The van der Waals surface area contributed by atoms with Crippen molar-refractivity contribution in [3.63, 3.8) is 0 Å². The van der Waals surface area contributed by atoms with Crippen molar-refractivity contribution in [3.8, 4) is 11.4 Å². The Morgan fingerprint density at radius 3 is 2.50 bits per heavy atom. The lowest BCUT2D eigenvalue weighted by Gasteiger charge is -2.14. The second-order valence-corrected chi connectivity index (χ2v) is 7.57. The topological polar surface area (TPSA) is 92.3 Å². The fourth-order valence-corrected chi connectivity index (χ4v) is 4.05. The van der Waals surface area contributed by atoms with Gasteiger partial charge in [0.05, 0.1) is 11.3 Å². The summed E-state index contributed by atoms with van der Waals surface area (Å²) in [6.45, 7) is 1.07. The molecule has 2 aromatic rings. The van der Waals surface area contributed by atoms with Crippen LogP contribution < -0.4 is 5.32 Å². The largest absolute Gasteiger partial charge is 0.351 e. The van der Waals surface area contributed by atoms with Gasteiger partial charge in [0.2, 0.25) is 10.0 Å². The second kappa shape index (κ2) is 7.06. The molecule has 1 aliphatic heterocycles. The summed E-state index contributed by atoms with van der Waals surface area (Å²) in [7, 11) is -3.13. The third kappa shape index (κ3) is 3.77. The van der Waals surface area contributed by atoms with Crippen LogP contribution in [0.1, 0.15) is 16.8 Å². The van der Waals surface area contributed by atoms with Crippen molar-refractivity contribution in [1.82, 2.24) is 19.6 Å². The Hall–Kier alpha value is -2.32. The fraction of sp³-hybridized carbons (Fsp3) is 0.312. The number of hydrogen-bond acceptors (Lipinski definition) is 5. The molecular weight excluding hydrogens is 328 g/mol. The molecule has 1 aromatic carbocycles. The Morgan fingerprint density at radius 1 is 1.17 bits per heavy atom. The molecule has 0 atom stereocenters. The average Bonchev–Trinajstić information content (AvgIpc) is 2.94. The van der Waals surface area contributed by atoms with Crippen molar-refractivity contribution in [3.05, 3.63) is 48.3 Å². The number of hydrogen-bond donors (Lipinski definition) is 1. The Bertz CT molecular complexity index is 807. The monoisotopic (exact) mass is 346 g/mol. The summed E-state index contributed by atoms with van der Waals surface area (Å²) < 4.78 is 24.8. The van der Waals surface area contributed by atoms with Crippen LogP contribution in [0, 0.1) is 0 Å². The first-order valence-electron chi connectivity index (χ1n) is 7.70. The summed E-state index contributed by atoms with van der Waals surface area (Å²) in [4.78, 5) is 20.5. The van der Waals surface area contributed by atoms with E-state index in [-0.39, 0.29) is 24.7 Å². The minimum Gasteiger partial charge on any atom is -0.351 e. The van der Waals surface area contributed by atoms with Crippen LogP contribution in [0.25, 0.3) is 11.4 Å². The maximum atomic E-state index is 12.1. The third-order valence-corrected chi connectivity index (χ3v) is 5.75. The van der Waals surface area contributed by atoms with Crippen LogP contribution in [-0.4, -0.2) is 54.0 Å². The Balaban J connectivity index is 1.56. The van der Waals surface area contributed by atoms with E-state index >= 15 is 0 Å². The molecule has 0 unspecified atom stereocenters. The molecule has 7 nitrogen and oxygen atoms in total. The molecule has 1 N–H and O–H groups in total. The third-order valence-electron chi connectivity index (χ3n) is 3.80. The molecule has 0 bridgehead atoms. The van der Waals surface area contributed by atoms with E-state index in [0.717, 1.165) is 5.56 Å². The molecule has 0 aliphatic carbocycles. The number of amides is 1. The summed E-state index contributed by atoms with van der Waals surface area (Å²) in [5, 5.41) is 2.70. The number of aromatic nitrogens is 2. The molecule has 2 heterocycles. The number of nitrogens with one attached hydrogen (secondary N) is 1. The highest BCUT2D eigenvalue weighted by Crippen LogP contribution is 2.13. The van der Waals surface area contributed by atoms with Crippen LogP contribution in [-0.2, 0) is 10.0 Å². The van der Waals surface area contributed by atoms with E-state index < -0.39 is 10.0 Å². The summed E-state index contributed by atoms with van der Waals surface area (Å²) >= 11 is 0. The van der Waals surface area contributed by atoms with Crippen molar-refractivity contribution in [1.29, 1.82) is 0 Å². The van der Waals surface area contributed by atoms with Gasteiger partial charge in [-0.15, -0.1) is 0 Å². The molecule has 1 fully saturated rings. The number of carbonyl (C=O) groups excluding carboxylic acids is 1. The van der Waals surface area contributed by atoms with Gasteiger partial charge >= 0.3 is 0 Å². The van der Waals surface area contributed by atoms with Gasteiger partial charge < -0.3 is 5.32 Å². The molecule has 1 amide bonds. The van der Waals surface area contributed by atoms with E-state index in [1.54, 1.807) is 0 Å². The van der Waals surface area contributed by atoms with Gasteiger partial charge in [0, 0.05) is 37.6 Å². The van der Waals surface area contributed by atoms with Crippen molar-refractivity contribution < 1.29 is 13.2 Å². The lowest BCUT2D eigenvalue weighted by atomic mass is 10.2. The van der Waals surface area contributed by atoms with E-state index in [4.69, 9.17) is 0 Å². The first-order valence-corrected chi connectivity index (χ1v) is 9.31. The van der Waals surface area contributed by atoms with Gasteiger partial charge in [-0.1, -0.05) is 30.3 Å². The van der Waals surface area contributed by atoms with Gasteiger partial charge in [-0.3, -0.25) is 4.79 Å². The van der Waals surface area contributed by atoms with Gasteiger partial charge in [0.15, 0.2) is 5.82 Å². The molecular formula is C16H18N4O3S. The summed E-state index contributed by atoms with van der Waals surface area (Å²) in [6.07, 6.45) is 3.58. The van der Waals surface area contributed by atoms with Gasteiger partial charge in [-0.2, -0.15) is 0 Å². The van der Waals surface area contributed by atoms with Crippen molar-refractivity contribution in [2.45, 2.75) is 6.42 Å². The standard InChI is InChI=1S/C16H18N4O3S/c21-16(17-7-9-20-8-4-10-24(20,22)23)14-11-18-15(19-12-14)13-5-2-1-3-6-13/h1-3,5-6,11-12H,4,7-10H2,(H,17,21). The SMILES string of the molecule is O=C(NCCN1CCCS1(=O)=O)c1cnc(-c2ccccc2)nc1.